The van der Waals surface area contributed by atoms with Gasteiger partial charge in [-0.1, -0.05) is 23.8 Å². The minimum atomic E-state index is 0.104. The van der Waals surface area contributed by atoms with Crippen LogP contribution in [-0.2, 0) is 4.79 Å². The van der Waals surface area contributed by atoms with Gasteiger partial charge in [0, 0.05) is 30.4 Å². The summed E-state index contributed by atoms with van der Waals surface area (Å²) >= 11 is 0. The van der Waals surface area contributed by atoms with Crippen LogP contribution in [0.25, 0.3) is 0 Å². The fourth-order valence-electron chi connectivity index (χ4n) is 3.45. The van der Waals surface area contributed by atoms with Crippen molar-refractivity contribution in [3.05, 3.63) is 59.2 Å². The van der Waals surface area contributed by atoms with E-state index in [0.29, 0.717) is 0 Å². The van der Waals surface area contributed by atoms with Gasteiger partial charge in [0.1, 0.15) is 0 Å². The van der Waals surface area contributed by atoms with Crippen molar-refractivity contribution in [1.82, 2.24) is 0 Å². The highest BCUT2D eigenvalue weighted by Gasteiger charge is 2.25. The smallest absolute Gasteiger partial charge is 0.227 e. The van der Waals surface area contributed by atoms with E-state index in [1.165, 1.54) is 22.4 Å². The number of piperidine rings is 1. The Morgan fingerprint density at radius 1 is 0.917 bits per heavy atom. The Morgan fingerprint density at radius 2 is 1.50 bits per heavy atom. The van der Waals surface area contributed by atoms with Crippen LogP contribution >= 0.6 is 0 Å². The van der Waals surface area contributed by atoms with E-state index in [4.69, 9.17) is 0 Å². The minimum Gasteiger partial charge on any atom is -0.371 e. The Bertz CT molecular complexity index is 693. The van der Waals surface area contributed by atoms with Crippen LogP contribution in [0.4, 0.5) is 11.4 Å². The normalized spacial score (nSPS) is 15.4. The third kappa shape index (κ3) is 3.97. The summed E-state index contributed by atoms with van der Waals surface area (Å²) < 4.78 is 0. The van der Waals surface area contributed by atoms with Crippen molar-refractivity contribution in [3.8, 4) is 0 Å². The molecule has 126 valence electrons. The number of carbonyl (C=O) groups is 1. The average Bonchev–Trinajstić information content (AvgIpc) is 2.55. The highest BCUT2D eigenvalue weighted by Crippen LogP contribution is 2.25. The van der Waals surface area contributed by atoms with Gasteiger partial charge in [0.05, 0.1) is 0 Å². The molecule has 2 aromatic carbocycles. The molecule has 3 rings (SSSR count). The number of hydrogen-bond donors (Lipinski definition) is 1. The van der Waals surface area contributed by atoms with Crippen molar-refractivity contribution in [2.24, 2.45) is 5.92 Å². The Kier molecular flexibility index (Phi) is 4.89. The Labute approximate surface area is 144 Å². The van der Waals surface area contributed by atoms with Gasteiger partial charge in [-0.05, 0) is 69.0 Å². The van der Waals surface area contributed by atoms with Gasteiger partial charge >= 0.3 is 0 Å². The monoisotopic (exact) mass is 322 g/mol. The van der Waals surface area contributed by atoms with Crippen LogP contribution in [0.2, 0.25) is 0 Å². The molecule has 1 fully saturated rings. The lowest BCUT2D eigenvalue weighted by Gasteiger charge is -2.33. The minimum absolute atomic E-state index is 0.104. The van der Waals surface area contributed by atoms with Gasteiger partial charge in [-0.15, -0.1) is 0 Å². The summed E-state index contributed by atoms with van der Waals surface area (Å²) in [5.74, 6) is 0.260. The molecule has 0 aliphatic carbocycles. The van der Waals surface area contributed by atoms with Crippen LogP contribution < -0.4 is 10.2 Å². The first kappa shape index (κ1) is 16.6. The highest BCUT2D eigenvalue weighted by molar-refractivity contribution is 5.92. The molecule has 0 bridgehead atoms. The molecule has 24 heavy (non-hydrogen) atoms. The van der Waals surface area contributed by atoms with Crippen molar-refractivity contribution in [1.29, 1.82) is 0 Å². The van der Waals surface area contributed by atoms with E-state index in [9.17, 15) is 4.79 Å². The summed E-state index contributed by atoms with van der Waals surface area (Å²) in [7, 11) is 0. The number of amides is 1. The van der Waals surface area contributed by atoms with Crippen LogP contribution in [-0.4, -0.2) is 19.0 Å². The molecule has 0 atom stereocenters. The number of rotatable bonds is 3. The van der Waals surface area contributed by atoms with Crippen LogP contribution in [0.1, 0.15) is 29.5 Å². The molecule has 3 nitrogen and oxygen atoms in total. The lowest BCUT2D eigenvalue weighted by Crippen LogP contribution is -2.38. The zero-order chi connectivity index (χ0) is 17.1. The van der Waals surface area contributed by atoms with Crippen molar-refractivity contribution in [2.75, 3.05) is 23.3 Å². The SMILES string of the molecule is Cc1ccc(N2CCC(C(=O)Nc3cc(C)cc(C)c3)CC2)cc1. The molecule has 1 aliphatic rings. The van der Waals surface area contributed by atoms with Gasteiger partial charge < -0.3 is 10.2 Å². The zero-order valence-electron chi connectivity index (χ0n) is 14.8. The third-order valence-electron chi connectivity index (χ3n) is 4.75. The zero-order valence-corrected chi connectivity index (χ0v) is 14.8. The second-order valence-corrected chi connectivity index (χ2v) is 6.96. The van der Waals surface area contributed by atoms with Gasteiger partial charge in [0.25, 0.3) is 0 Å². The number of anilines is 2. The van der Waals surface area contributed by atoms with Crippen molar-refractivity contribution in [2.45, 2.75) is 33.6 Å². The maximum Gasteiger partial charge on any atom is 0.227 e. The molecule has 1 saturated heterocycles. The molecular weight excluding hydrogens is 296 g/mol. The Balaban J connectivity index is 1.57. The predicted octanol–water partition coefficient (Wildman–Crippen LogP) is 4.47. The molecule has 0 unspecified atom stereocenters. The molecule has 0 radical (unpaired) electrons. The molecule has 1 aliphatic heterocycles. The molecule has 1 heterocycles. The quantitative estimate of drug-likeness (QED) is 0.904. The summed E-state index contributed by atoms with van der Waals surface area (Å²) in [5, 5.41) is 3.10. The van der Waals surface area contributed by atoms with Gasteiger partial charge in [0.15, 0.2) is 0 Å². The highest BCUT2D eigenvalue weighted by atomic mass is 16.1. The van der Waals surface area contributed by atoms with Crippen molar-refractivity contribution in [3.63, 3.8) is 0 Å². The first-order valence-corrected chi connectivity index (χ1v) is 8.72. The second kappa shape index (κ2) is 7.08. The van der Waals surface area contributed by atoms with E-state index < -0.39 is 0 Å². The van der Waals surface area contributed by atoms with Crippen molar-refractivity contribution < 1.29 is 4.79 Å². The summed E-state index contributed by atoms with van der Waals surface area (Å²) in [6, 6.07) is 14.8. The lowest BCUT2D eigenvalue weighted by molar-refractivity contribution is -0.120. The summed E-state index contributed by atoms with van der Waals surface area (Å²) in [4.78, 5) is 14.9. The van der Waals surface area contributed by atoms with E-state index in [2.05, 4.69) is 61.3 Å². The Hall–Kier alpha value is -2.29. The van der Waals surface area contributed by atoms with Crippen LogP contribution in [0.3, 0.4) is 0 Å². The number of nitrogens with zero attached hydrogens (tertiary/aromatic N) is 1. The van der Waals surface area contributed by atoms with Crippen LogP contribution in [0, 0.1) is 26.7 Å². The number of aryl methyl sites for hydroxylation is 3. The Morgan fingerprint density at radius 3 is 2.08 bits per heavy atom. The second-order valence-electron chi connectivity index (χ2n) is 6.96. The van der Waals surface area contributed by atoms with Crippen LogP contribution in [0.5, 0.6) is 0 Å². The van der Waals surface area contributed by atoms with Gasteiger partial charge in [-0.2, -0.15) is 0 Å². The van der Waals surface area contributed by atoms with E-state index >= 15 is 0 Å². The number of carbonyl (C=O) groups excluding carboxylic acids is 1. The third-order valence-corrected chi connectivity index (χ3v) is 4.75. The largest absolute Gasteiger partial charge is 0.371 e. The van der Waals surface area contributed by atoms with Gasteiger partial charge in [-0.25, -0.2) is 0 Å². The maximum atomic E-state index is 12.5. The molecule has 0 spiro atoms. The molecule has 1 amide bonds. The first-order valence-electron chi connectivity index (χ1n) is 8.72. The number of nitrogens with one attached hydrogen (secondary N) is 1. The number of benzene rings is 2. The molecule has 3 heteroatoms. The van der Waals surface area contributed by atoms with E-state index in [-0.39, 0.29) is 11.8 Å². The molecule has 2 aromatic rings. The van der Waals surface area contributed by atoms with Gasteiger partial charge in [-0.3, -0.25) is 4.79 Å². The van der Waals surface area contributed by atoms with Crippen molar-refractivity contribution >= 4 is 17.3 Å². The molecule has 0 aromatic heterocycles. The summed E-state index contributed by atoms with van der Waals surface area (Å²) in [6.45, 7) is 8.10. The predicted molar refractivity (Wildman–Crippen MR) is 101 cm³/mol. The molecular formula is C21H26N2O. The maximum absolute atomic E-state index is 12.5. The van der Waals surface area contributed by atoms with E-state index in [1.54, 1.807) is 0 Å². The molecule has 1 N–H and O–H groups in total. The fourth-order valence-corrected chi connectivity index (χ4v) is 3.45. The summed E-state index contributed by atoms with van der Waals surface area (Å²) in [5.41, 5.74) is 5.81. The topological polar surface area (TPSA) is 32.3 Å². The van der Waals surface area contributed by atoms with Crippen LogP contribution in [0.15, 0.2) is 42.5 Å². The average molecular weight is 322 g/mol. The summed E-state index contributed by atoms with van der Waals surface area (Å²) in [6.07, 6.45) is 1.81. The van der Waals surface area contributed by atoms with E-state index in [1.807, 2.05) is 12.1 Å². The number of hydrogen-bond acceptors (Lipinski definition) is 2. The standard InChI is InChI=1S/C21H26N2O/c1-15-4-6-20(7-5-15)23-10-8-18(9-11-23)21(24)22-19-13-16(2)12-17(3)14-19/h4-7,12-14,18H,8-11H2,1-3H3,(H,22,24). The molecule has 0 saturated carbocycles. The fraction of sp³-hybridized carbons (Fsp3) is 0.381. The van der Waals surface area contributed by atoms with E-state index in [0.717, 1.165) is 31.6 Å². The first-order chi connectivity index (χ1) is 11.5. The lowest BCUT2D eigenvalue weighted by atomic mass is 9.95. The van der Waals surface area contributed by atoms with Gasteiger partial charge in [0.2, 0.25) is 5.91 Å².